The molecule has 0 bridgehead atoms. The predicted octanol–water partition coefficient (Wildman–Crippen LogP) is 3.08. The highest BCUT2D eigenvalue weighted by Crippen LogP contribution is 2.34. The van der Waals surface area contributed by atoms with E-state index < -0.39 is 9.85 Å². The molecule has 2 aromatic rings. The molecule has 124 valence electrons. The molecule has 3 rings (SSSR count). The summed E-state index contributed by atoms with van der Waals surface area (Å²) in [5.41, 5.74) is 0.804. The lowest BCUT2D eigenvalue weighted by molar-refractivity contribution is -0.393. The van der Waals surface area contributed by atoms with Crippen molar-refractivity contribution in [1.82, 2.24) is 0 Å². The molecular formula is C16H15N3O5. The molecular weight excluding hydrogens is 314 g/mol. The maximum absolute atomic E-state index is 11.3. The molecule has 0 spiro atoms. The van der Waals surface area contributed by atoms with Gasteiger partial charge < -0.3 is 9.64 Å². The Labute approximate surface area is 137 Å². The lowest BCUT2D eigenvalue weighted by atomic mass is 10.1. The number of hydrogen-bond acceptors (Lipinski definition) is 6. The SMILES string of the molecule is O=[N+]([O-])c1ccc(N2CCO[C@@H](c3ccccc3)C2)c([N+](=O)[O-])c1. The number of ether oxygens (including phenoxy) is 1. The van der Waals surface area contributed by atoms with Crippen LogP contribution < -0.4 is 4.90 Å². The molecule has 0 aromatic heterocycles. The molecule has 8 heteroatoms. The molecule has 1 saturated heterocycles. The summed E-state index contributed by atoms with van der Waals surface area (Å²) in [5.74, 6) is 0. The lowest BCUT2D eigenvalue weighted by Gasteiger charge is -2.34. The molecule has 0 N–H and O–H groups in total. The number of nitrogens with zero attached hydrogens (tertiary/aromatic N) is 3. The highest BCUT2D eigenvalue weighted by Gasteiger charge is 2.28. The van der Waals surface area contributed by atoms with Gasteiger partial charge in [-0.05, 0) is 11.6 Å². The first-order valence-electron chi connectivity index (χ1n) is 7.40. The Morgan fingerprint density at radius 1 is 1.04 bits per heavy atom. The van der Waals surface area contributed by atoms with Gasteiger partial charge in [0.15, 0.2) is 0 Å². The molecule has 8 nitrogen and oxygen atoms in total. The normalized spacial score (nSPS) is 17.5. The standard InChI is InChI=1S/C16H15N3O5/c20-18(21)13-6-7-14(15(10-13)19(22)23)17-8-9-24-16(11-17)12-4-2-1-3-5-12/h1-7,10,16H,8-9,11H2/t16-/m1/s1. The largest absolute Gasteiger partial charge is 0.370 e. The Balaban J connectivity index is 1.90. The Bertz CT molecular complexity index is 766. The van der Waals surface area contributed by atoms with Crippen LogP contribution in [0.2, 0.25) is 0 Å². The summed E-state index contributed by atoms with van der Waals surface area (Å²) < 4.78 is 5.76. The van der Waals surface area contributed by atoms with E-state index in [2.05, 4.69) is 0 Å². The van der Waals surface area contributed by atoms with Gasteiger partial charge in [0.05, 0.1) is 22.5 Å². The molecule has 0 aliphatic carbocycles. The van der Waals surface area contributed by atoms with Crippen molar-refractivity contribution in [3.8, 4) is 0 Å². The number of nitro benzene ring substituents is 2. The summed E-state index contributed by atoms with van der Waals surface area (Å²) in [6.45, 7) is 1.36. The fourth-order valence-corrected chi connectivity index (χ4v) is 2.78. The van der Waals surface area contributed by atoms with Crippen LogP contribution >= 0.6 is 0 Å². The minimum Gasteiger partial charge on any atom is -0.370 e. The Hall–Kier alpha value is -3.00. The third-order valence-corrected chi connectivity index (χ3v) is 3.95. The van der Waals surface area contributed by atoms with Gasteiger partial charge in [-0.15, -0.1) is 0 Å². The van der Waals surface area contributed by atoms with Crippen LogP contribution in [0.15, 0.2) is 48.5 Å². The van der Waals surface area contributed by atoms with E-state index in [1.807, 2.05) is 35.2 Å². The van der Waals surface area contributed by atoms with Crippen molar-refractivity contribution in [3.63, 3.8) is 0 Å². The number of anilines is 1. The number of morpholine rings is 1. The Kier molecular flexibility index (Phi) is 4.39. The fourth-order valence-electron chi connectivity index (χ4n) is 2.78. The molecule has 1 aliphatic heterocycles. The van der Waals surface area contributed by atoms with Gasteiger partial charge in [-0.25, -0.2) is 0 Å². The van der Waals surface area contributed by atoms with Crippen LogP contribution in [0.3, 0.4) is 0 Å². The monoisotopic (exact) mass is 329 g/mol. The lowest BCUT2D eigenvalue weighted by Crippen LogP contribution is -2.38. The molecule has 0 saturated carbocycles. The second-order valence-electron chi connectivity index (χ2n) is 5.40. The number of nitro groups is 2. The summed E-state index contributed by atoms with van der Waals surface area (Å²) in [6.07, 6.45) is -0.199. The van der Waals surface area contributed by atoms with Crippen molar-refractivity contribution < 1.29 is 14.6 Å². The molecule has 24 heavy (non-hydrogen) atoms. The van der Waals surface area contributed by atoms with E-state index in [9.17, 15) is 20.2 Å². The van der Waals surface area contributed by atoms with Gasteiger partial charge in [-0.3, -0.25) is 20.2 Å². The van der Waals surface area contributed by atoms with E-state index in [-0.39, 0.29) is 17.5 Å². The molecule has 1 heterocycles. The summed E-state index contributed by atoms with van der Waals surface area (Å²) in [7, 11) is 0. The minimum absolute atomic E-state index is 0.199. The van der Waals surface area contributed by atoms with Gasteiger partial charge in [0.2, 0.25) is 0 Å². The molecule has 0 radical (unpaired) electrons. The maximum atomic E-state index is 11.3. The van der Waals surface area contributed by atoms with E-state index in [1.54, 1.807) is 0 Å². The van der Waals surface area contributed by atoms with E-state index in [0.29, 0.717) is 25.4 Å². The minimum atomic E-state index is -0.636. The van der Waals surface area contributed by atoms with Crippen LogP contribution in [0.25, 0.3) is 0 Å². The topological polar surface area (TPSA) is 98.8 Å². The average molecular weight is 329 g/mol. The van der Waals surface area contributed by atoms with E-state index in [4.69, 9.17) is 4.74 Å². The fraction of sp³-hybridized carbons (Fsp3) is 0.250. The zero-order chi connectivity index (χ0) is 17.1. The van der Waals surface area contributed by atoms with Crippen LogP contribution in [0.1, 0.15) is 11.7 Å². The first-order valence-corrected chi connectivity index (χ1v) is 7.40. The molecule has 1 aliphatic rings. The number of rotatable bonds is 4. The zero-order valence-corrected chi connectivity index (χ0v) is 12.7. The van der Waals surface area contributed by atoms with Crippen molar-refractivity contribution in [2.75, 3.05) is 24.6 Å². The van der Waals surface area contributed by atoms with Gasteiger partial charge in [0.1, 0.15) is 11.8 Å². The highest BCUT2D eigenvalue weighted by molar-refractivity contribution is 5.67. The summed E-state index contributed by atoms with van der Waals surface area (Å²) in [4.78, 5) is 22.8. The van der Waals surface area contributed by atoms with Gasteiger partial charge in [-0.2, -0.15) is 0 Å². The Morgan fingerprint density at radius 2 is 1.79 bits per heavy atom. The number of benzene rings is 2. The van der Waals surface area contributed by atoms with Crippen LogP contribution in [-0.2, 0) is 4.74 Å². The average Bonchev–Trinajstić information content (AvgIpc) is 2.62. The van der Waals surface area contributed by atoms with E-state index >= 15 is 0 Å². The second-order valence-corrected chi connectivity index (χ2v) is 5.40. The molecule has 1 fully saturated rings. The van der Waals surface area contributed by atoms with Crippen LogP contribution in [-0.4, -0.2) is 29.5 Å². The quantitative estimate of drug-likeness (QED) is 0.631. The van der Waals surface area contributed by atoms with E-state index in [0.717, 1.165) is 11.6 Å². The first kappa shape index (κ1) is 15.9. The molecule has 1 atom stereocenters. The first-order chi connectivity index (χ1) is 11.6. The predicted molar refractivity (Wildman–Crippen MR) is 87.1 cm³/mol. The summed E-state index contributed by atoms with van der Waals surface area (Å²) in [6, 6.07) is 13.3. The van der Waals surface area contributed by atoms with Crippen molar-refractivity contribution in [1.29, 1.82) is 0 Å². The van der Waals surface area contributed by atoms with Gasteiger partial charge >= 0.3 is 0 Å². The number of non-ortho nitro benzene ring substituents is 1. The van der Waals surface area contributed by atoms with Gasteiger partial charge in [0.25, 0.3) is 11.4 Å². The van der Waals surface area contributed by atoms with Crippen molar-refractivity contribution >= 4 is 17.1 Å². The maximum Gasteiger partial charge on any atom is 0.299 e. The van der Waals surface area contributed by atoms with Gasteiger partial charge in [-0.1, -0.05) is 30.3 Å². The molecule has 0 amide bonds. The smallest absolute Gasteiger partial charge is 0.299 e. The Morgan fingerprint density at radius 3 is 2.46 bits per heavy atom. The second kappa shape index (κ2) is 6.63. The third-order valence-electron chi connectivity index (χ3n) is 3.95. The van der Waals surface area contributed by atoms with Crippen LogP contribution in [0.5, 0.6) is 0 Å². The molecule has 0 unspecified atom stereocenters. The van der Waals surface area contributed by atoms with Gasteiger partial charge in [0, 0.05) is 19.2 Å². The van der Waals surface area contributed by atoms with E-state index in [1.165, 1.54) is 12.1 Å². The van der Waals surface area contributed by atoms with Crippen molar-refractivity contribution in [2.45, 2.75) is 6.10 Å². The highest BCUT2D eigenvalue weighted by atomic mass is 16.6. The van der Waals surface area contributed by atoms with Crippen molar-refractivity contribution in [2.24, 2.45) is 0 Å². The van der Waals surface area contributed by atoms with Crippen LogP contribution in [0.4, 0.5) is 17.1 Å². The molecule has 2 aromatic carbocycles. The van der Waals surface area contributed by atoms with Crippen molar-refractivity contribution in [3.05, 3.63) is 74.3 Å². The zero-order valence-electron chi connectivity index (χ0n) is 12.7. The number of hydrogen-bond donors (Lipinski definition) is 0. The summed E-state index contributed by atoms with van der Waals surface area (Å²) in [5, 5.41) is 22.2. The van der Waals surface area contributed by atoms with Crippen LogP contribution in [0, 0.1) is 20.2 Å². The summed E-state index contributed by atoms with van der Waals surface area (Å²) >= 11 is 0. The third kappa shape index (κ3) is 3.18.